The van der Waals surface area contributed by atoms with Gasteiger partial charge in [-0.3, -0.25) is 14.7 Å². The summed E-state index contributed by atoms with van der Waals surface area (Å²) >= 11 is 0. The summed E-state index contributed by atoms with van der Waals surface area (Å²) in [6.07, 6.45) is 2.06. The van der Waals surface area contributed by atoms with Gasteiger partial charge in [0.15, 0.2) is 0 Å². The van der Waals surface area contributed by atoms with Gasteiger partial charge in [0.25, 0.3) is 5.91 Å². The van der Waals surface area contributed by atoms with Crippen molar-refractivity contribution in [1.82, 2.24) is 20.4 Å². The van der Waals surface area contributed by atoms with Crippen LogP contribution in [-0.4, -0.2) is 47.0 Å². The molecule has 1 unspecified atom stereocenters. The molecule has 0 radical (unpaired) electrons. The molecule has 98 valence electrons. The minimum atomic E-state index is -0.525. The lowest BCUT2D eigenvalue weighted by molar-refractivity contribution is -0.128. The van der Waals surface area contributed by atoms with Crippen LogP contribution in [0, 0.1) is 5.41 Å². The van der Waals surface area contributed by atoms with E-state index in [9.17, 15) is 9.59 Å². The highest BCUT2D eigenvalue weighted by atomic mass is 16.2. The average Bonchev–Trinajstić information content (AvgIpc) is 2.95. The number of amides is 2. The summed E-state index contributed by atoms with van der Waals surface area (Å²) in [6, 6.07) is 0. The molecule has 1 fully saturated rings. The molecular formula is C11H17N5O2. The number of carbonyl (C=O) groups excluding carboxylic acids is 2. The summed E-state index contributed by atoms with van der Waals surface area (Å²) < 4.78 is 0. The number of nitrogens with one attached hydrogen (secondary N) is 2. The number of nitrogens with zero attached hydrogens (tertiary/aromatic N) is 2. The van der Waals surface area contributed by atoms with Crippen LogP contribution in [-0.2, 0) is 4.79 Å². The maximum Gasteiger partial charge on any atom is 0.259 e. The van der Waals surface area contributed by atoms with Gasteiger partial charge in [-0.1, -0.05) is 0 Å². The first kappa shape index (κ1) is 12.4. The van der Waals surface area contributed by atoms with Crippen molar-refractivity contribution in [2.75, 3.05) is 25.9 Å². The second-order valence-electron chi connectivity index (χ2n) is 4.81. The molecule has 2 amide bonds. The molecule has 0 aromatic carbocycles. The van der Waals surface area contributed by atoms with Crippen LogP contribution in [0.25, 0.3) is 0 Å². The summed E-state index contributed by atoms with van der Waals surface area (Å²) in [7, 11) is 1.60. The molecule has 1 saturated heterocycles. The molecule has 7 heteroatoms. The third-order valence-corrected chi connectivity index (χ3v) is 3.44. The van der Waals surface area contributed by atoms with Gasteiger partial charge in [0.05, 0.1) is 11.6 Å². The highest BCUT2D eigenvalue weighted by molar-refractivity contribution is 5.98. The molecule has 1 aliphatic heterocycles. The van der Waals surface area contributed by atoms with E-state index in [1.807, 2.05) is 6.92 Å². The van der Waals surface area contributed by atoms with Crippen LogP contribution in [0.2, 0.25) is 0 Å². The molecule has 1 atom stereocenters. The zero-order valence-electron chi connectivity index (χ0n) is 10.5. The monoisotopic (exact) mass is 251 g/mol. The van der Waals surface area contributed by atoms with Crippen LogP contribution in [0.15, 0.2) is 6.20 Å². The molecule has 1 aliphatic rings. The Morgan fingerprint density at radius 2 is 2.33 bits per heavy atom. The molecule has 18 heavy (non-hydrogen) atoms. The van der Waals surface area contributed by atoms with Gasteiger partial charge in [0.2, 0.25) is 5.91 Å². The van der Waals surface area contributed by atoms with Gasteiger partial charge in [-0.05, 0) is 13.3 Å². The number of carbonyl (C=O) groups is 2. The van der Waals surface area contributed by atoms with Crippen LogP contribution in [0.1, 0.15) is 23.7 Å². The standard InChI is InChI=1S/C11H17N5O2/c1-11(10(18)13-2)3-4-16(6-11)9(17)7-5-14-15-8(7)12/h5H,3-4,6H2,1-2H3,(H,13,18)(H3,12,14,15). The first-order chi connectivity index (χ1) is 8.48. The van der Waals surface area contributed by atoms with E-state index in [-0.39, 0.29) is 17.6 Å². The van der Waals surface area contributed by atoms with E-state index >= 15 is 0 Å². The Morgan fingerprint density at radius 1 is 1.61 bits per heavy atom. The molecule has 7 nitrogen and oxygen atoms in total. The number of likely N-dealkylation sites (tertiary alicyclic amines) is 1. The number of nitrogens with two attached hydrogens (primary N) is 1. The van der Waals surface area contributed by atoms with E-state index in [2.05, 4.69) is 15.5 Å². The highest BCUT2D eigenvalue weighted by Gasteiger charge is 2.42. The Kier molecular flexibility index (Phi) is 2.98. The van der Waals surface area contributed by atoms with Gasteiger partial charge in [0, 0.05) is 20.1 Å². The number of aromatic amines is 1. The van der Waals surface area contributed by atoms with Crippen LogP contribution >= 0.6 is 0 Å². The van der Waals surface area contributed by atoms with Gasteiger partial charge < -0.3 is 16.0 Å². The largest absolute Gasteiger partial charge is 0.383 e. The minimum absolute atomic E-state index is 0.0436. The van der Waals surface area contributed by atoms with Crippen LogP contribution < -0.4 is 11.1 Å². The van der Waals surface area contributed by atoms with Crippen molar-refractivity contribution in [3.05, 3.63) is 11.8 Å². The smallest absolute Gasteiger partial charge is 0.259 e. The lowest BCUT2D eigenvalue weighted by Gasteiger charge is -2.22. The number of anilines is 1. The Hall–Kier alpha value is -2.05. The summed E-state index contributed by atoms with van der Waals surface area (Å²) in [6.45, 7) is 2.81. The zero-order valence-corrected chi connectivity index (χ0v) is 10.5. The molecule has 1 aromatic rings. The van der Waals surface area contributed by atoms with Gasteiger partial charge in [0.1, 0.15) is 11.4 Å². The number of aromatic nitrogens is 2. The van der Waals surface area contributed by atoms with Crippen molar-refractivity contribution < 1.29 is 9.59 Å². The second kappa shape index (κ2) is 4.32. The van der Waals surface area contributed by atoms with E-state index in [4.69, 9.17) is 5.73 Å². The summed E-state index contributed by atoms with van der Waals surface area (Å²) in [5, 5.41) is 8.89. The fourth-order valence-corrected chi connectivity index (χ4v) is 2.26. The first-order valence-electron chi connectivity index (χ1n) is 5.78. The van der Waals surface area contributed by atoms with E-state index in [1.54, 1.807) is 11.9 Å². The molecule has 2 heterocycles. The number of rotatable bonds is 2. The minimum Gasteiger partial charge on any atom is -0.383 e. The average molecular weight is 251 g/mol. The summed E-state index contributed by atoms with van der Waals surface area (Å²) in [5.74, 6) is 0.0281. The van der Waals surface area contributed by atoms with Crippen LogP contribution in [0.4, 0.5) is 5.82 Å². The molecule has 0 bridgehead atoms. The SMILES string of the molecule is CNC(=O)C1(C)CCN(C(=O)c2cn[nH]c2N)C1. The Morgan fingerprint density at radius 3 is 2.89 bits per heavy atom. The Balaban J connectivity index is 2.12. The maximum absolute atomic E-state index is 12.2. The summed E-state index contributed by atoms with van der Waals surface area (Å²) in [5.41, 5.74) is 5.45. The molecule has 1 aromatic heterocycles. The molecule has 4 N–H and O–H groups in total. The topological polar surface area (TPSA) is 104 Å². The predicted molar refractivity (Wildman–Crippen MR) is 65.7 cm³/mol. The van der Waals surface area contributed by atoms with E-state index < -0.39 is 5.41 Å². The Bertz CT molecular complexity index is 484. The van der Waals surface area contributed by atoms with Gasteiger partial charge in [-0.15, -0.1) is 0 Å². The van der Waals surface area contributed by atoms with Gasteiger partial charge in [-0.2, -0.15) is 5.10 Å². The molecule has 0 saturated carbocycles. The number of nitrogen functional groups attached to an aromatic ring is 1. The first-order valence-corrected chi connectivity index (χ1v) is 5.78. The molecule has 0 aliphatic carbocycles. The normalized spacial score (nSPS) is 23.1. The quantitative estimate of drug-likeness (QED) is 0.664. The number of H-pyrrole nitrogens is 1. The lowest BCUT2D eigenvalue weighted by Crippen LogP contribution is -2.40. The second-order valence-corrected chi connectivity index (χ2v) is 4.81. The van der Waals surface area contributed by atoms with Crippen molar-refractivity contribution in [3.63, 3.8) is 0 Å². The van der Waals surface area contributed by atoms with Crippen molar-refractivity contribution in [3.8, 4) is 0 Å². The fraction of sp³-hybridized carbons (Fsp3) is 0.545. The van der Waals surface area contributed by atoms with Crippen molar-refractivity contribution in [2.24, 2.45) is 5.41 Å². The molecule has 2 rings (SSSR count). The number of hydrogen-bond donors (Lipinski definition) is 3. The Labute approximate surface area is 105 Å². The maximum atomic E-state index is 12.2. The third kappa shape index (κ3) is 1.92. The van der Waals surface area contributed by atoms with Crippen LogP contribution in [0.5, 0.6) is 0 Å². The van der Waals surface area contributed by atoms with E-state index in [0.717, 1.165) is 0 Å². The molecular weight excluding hydrogens is 234 g/mol. The van der Waals surface area contributed by atoms with Gasteiger partial charge >= 0.3 is 0 Å². The van der Waals surface area contributed by atoms with E-state index in [0.29, 0.717) is 25.1 Å². The predicted octanol–water partition coefficient (Wildman–Crippen LogP) is -0.410. The van der Waals surface area contributed by atoms with Gasteiger partial charge in [-0.25, -0.2) is 0 Å². The van der Waals surface area contributed by atoms with Crippen molar-refractivity contribution in [1.29, 1.82) is 0 Å². The fourth-order valence-electron chi connectivity index (χ4n) is 2.26. The lowest BCUT2D eigenvalue weighted by atomic mass is 9.89. The molecule has 0 spiro atoms. The zero-order chi connectivity index (χ0) is 13.3. The van der Waals surface area contributed by atoms with Crippen LogP contribution in [0.3, 0.4) is 0 Å². The highest BCUT2D eigenvalue weighted by Crippen LogP contribution is 2.31. The summed E-state index contributed by atoms with van der Waals surface area (Å²) in [4.78, 5) is 25.6. The third-order valence-electron chi connectivity index (χ3n) is 3.44. The van der Waals surface area contributed by atoms with E-state index in [1.165, 1.54) is 6.20 Å². The number of hydrogen-bond acceptors (Lipinski definition) is 4. The van der Waals surface area contributed by atoms with Crippen molar-refractivity contribution in [2.45, 2.75) is 13.3 Å². The van der Waals surface area contributed by atoms with Crippen molar-refractivity contribution >= 4 is 17.6 Å².